The van der Waals surface area contributed by atoms with Gasteiger partial charge < -0.3 is 4.42 Å². The van der Waals surface area contributed by atoms with Crippen LogP contribution in [0.15, 0.2) is 22.6 Å². The van der Waals surface area contributed by atoms with Crippen LogP contribution in [-0.4, -0.2) is 9.97 Å². The van der Waals surface area contributed by atoms with Gasteiger partial charge in [-0.3, -0.25) is 0 Å². The summed E-state index contributed by atoms with van der Waals surface area (Å²) in [7, 11) is 0. The van der Waals surface area contributed by atoms with E-state index in [1.807, 2.05) is 25.1 Å². The number of furan rings is 1. The molecule has 4 heteroatoms. The maximum atomic E-state index is 6.09. The predicted octanol–water partition coefficient (Wildman–Crippen LogP) is 4.36. The molecule has 0 saturated heterocycles. The van der Waals surface area contributed by atoms with Crippen molar-refractivity contribution >= 4 is 11.6 Å². The van der Waals surface area contributed by atoms with Crippen molar-refractivity contribution in [3.8, 4) is 11.6 Å². The predicted molar refractivity (Wildman–Crippen MR) is 70.7 cm³/mol. The first kappa shape index (κ1) is 11.7. The van der Waals surface area contributed by atoms with Crippen molar-refractivity contribution in [2.75, 3.05) is 0 Å². The van der Waals surface area contributed by atoms with Crippen LogP contribution in [-0.2, 0) is 0 Å². The van der Waals surface area contributed by atoms with E-state index in [0.29, 0.717) is 22.7 Å². The van der Waals surface area contributed by atoms with Crippen molar-refractivity contribution < 1.29 is 4.42 Å². The lowest BCUT2D eigenvalue weighted by Gasteiger charge is -2.09. The first-order chi connectivity index (χ1) is 8.72. The molecule has 2 aromatic heterocycles. The largest absolute Gasteiger partial charge is 0.458 e. The molecule has 0 N–H and O–H groups in total. The molecule has 0 radical (unpaired) electrons. The van der Waals surface area contributed by atoms with Crippen LogP contribution in [0.3, 0.4) is 0 Å². The lowest BCUT2D eigenvalue weighted by Crippen LogP contribution is -2.00. The van der Waals surface area contributed by atoms with Gasteiger partial charge in [0.15, 0.2) is 11.6 Å². The zero-order valence-corrected chi connectivity index (χ0v) is 11.1. The molecular formula is C14H15ClN2O. The van der Waals surface area contributed by atoms with E-state index >= 15 is 0 Å². The molecule has 1 aliphatic carbocycles. The van der Waals surface area contributed by atoms with E-state index in [-0.39, 0.29) is 0 Å². The normalized spacial score (nSPS) is 16.3. The molecule has 2 aromatic rings. The lowest BCUT2D eigenvalue weighted by atomic mass is 10.0. The minimum absolute atomic E-state index is 0.496. The quantitative estimate of drug-likeness (QED) is 0.755. The van der Waals surface area contributed by atoms with Crippen LogP contribution in [0, 0.1) is 6.92 Å². The number of halogens is 1. The molecule has 94 valence electrons. The van der Waals surface area contributed by atoms with E-state index in [1.54, 1.807) is 0 Å². The third-order valence-electron chi connectivity index (χ3n) is 3.45. The zero-order chi connectivity index (χ0) is 12.5. The third kappa shape index (κ3) is 2.27. The molecule has 3 rings (SSSR count). The lowest BCUT2D eigenvalue weighted by molar-refractivity contribution is 0.543. The Labute approximate surface area is 111 Å². The van der Waals surface area contributed by atoms with E-state index in [1.165, 1.54) is 25.7 Å². The van der Waals surface area contributed by atoms with E-state index in [0.717, 1.165) is 11.5 Å². The SMILES string of the molecule is Cc1ccc(-c2nc(Cl)cc(C3CCCC3)n2)o1. The van der Waals surface area contributed by atoms with Gasteiger partial charge in [-0.1, -0.05) is 24.4 Å². The Kier molecular flexibility index (Phi) is 3.08. The Morgan fingerprint density at radius 1 is 1.22 bits per heavy atom. The molecule has 3 nitrogen and oxygen atoms in total. The molecule has 2 heterocycles. The number of aromatic nitrogens is 2. The summed E-state index contributed by atoms with van der Waals surface area (Å²) >= 11 is 6.09. The van der Waals surface area contributed by atoms with Crippen LogP contribution < -0.4 is 0 Å². The second-order valence-corrected chi connectivity index (χ2v) is 5.22. The van der Waals surface area contributed by atoms with Gasteiger partial charge >= 0.3 is 0 Å². The van der Waals surface area contributed by atoms with Gasteiger partial charge in [-0.25, -0.2) is 9.97 Å². The number of hydrogen-bond acceptors (Lipinski definition) is 3. The number of hydrogen-bond donors (Lipinski definition) is 0. The minimum Gasteiger partial charge on any atom is -0.458 e. The Bertz CT molecular complexity index is 559. The third-order valence-corrected chi connectivity index (χ3v) is 3.64. The first-order valence-electron chi connectivity index (χ1n) is 6.33. The van der Waals surface area contributed by atoms with E-state index in [4.69, 9.17) is 16.0 Å². The average molecular weight is 263 g/mol. The Morgan fingerprint density at radius 3 is 2.67 bits per heavy atom. The Hall–Kier alpha value is -1.35. The fourth-order valence-corrected chi connectivity index (χ4v) is 2.72. The molecule has 1 fully saturated rings. The molecule has 1 saturated carbocycles. The van der Waals surface area contributed by atoms with Gasteiger partial charge in [0.25, 0.3) is 0 Å². The van der Waals surface area contributed by atoms with Crippen molar-refractivity contribution in [3.63, 3.8) is 0 Å². The van der Waals surface area contributed by atoms with Gasteiger partial charge in [0.2, 0.25) is 0 Å². The maximum absolute atomic E-state index is 6.09. The number of rotatable bonds is 2. The van der Waals surface area contributed by atoms with Crippen LogP contribution >= 0.6 is 11.6 Å². The van der Waals surface area contributed by atoms with Gasteiger partial charge in [-0.05, 0) is 38.0 Å². The Morgan fingerprint density at radius 2 is 2.00 bits per heavy atom. The van der Waals surface area contributed by atoms with Crippen LogP contribution in [0.25, 0.3) is 11.6 Å². The summed E-state index contributed by atoms with van der Waals surface area (Å²) in [5.41, 5.74) is 1.05. The summed E-state index contributed by atoms with van der Waals surface area (Å²) in [5, 5.41) is 0.496. The summed E-state index contributed by atoms with van der Waals surface area (Å²) in [6.07, 6.45) is 4.96. The molecule has 1 aliphatic rings. The van der Waals surface area contributed by atoms with Crippen molar-refractivity contribution in [2.24, 2.45) is 0 Å². The van der Waals surface area contributed by atoms with Gasteiger partial charge in [0.1, 0.15) is 10.9 Å². The average Bonchev–Trinajstić information content (AvgIpc) is 2.98. The summed E-state index contributed by atoms with van der Waals surface area (Å²) in [4.78, 5) is 8.86. The molecule has 0 spiro atoms. The highest BCUT2D eigenvalue weighted by Gasteiger charge is 2.20. The van der Waals surface area contributed by atoms with E-state index in [9.17, 15) is 0 Å². The molecule has 18 heavy (non-hydrogen) atoms. The van der Waals surface area contributed by atoms with Gasteiger partial charge in [-0.15, -0.1) is 0 Å². The molecule has 0 bridgehead atoms. The van der Waals surface area contributed by atoms with Crippen molar-refractivity contribution in [1.29, 1.82) is 0 Å². The maximum Gasteiger partial charge on any atom is 0.197 e. The fourth-order valence-electron chi connectivity index (χ4n) is 2.53. The second kappa shape index (κ2) is 4.73. The summed E-state index contributed by atoms with van der Waals surface area (Å²) in [6.45, 7) is 1.91. The zero-order valence-electron chi connectivity index (χ0n) is 10.3. The van der Waals surface area contributed by atoms with Gasteiger partial charge in [0, 0.05) is 11.6 Å². The summed E-state index contributed by atoms with van der Waals surface area (Å²) in [6, 6.07) is 5.69. The van der Waals surface area contributed by atoms with Crippen molar-refractivity contribution in [2.45, 2.75) is 38.5 Å². The van der Waals surface area contributed by atoms with Gasteiger partial charge in [0.05, 0.1) is 0 Å². The smallest absolute Gasteiger partial charge is 0.197 e. The number of aryl methyl sites for hydroxylation is 1. The van der Waals surface area contributed by atoms with Gasteiger partial charge in [-0.2, -0.15) is 0 Å². The van der Waals surface area contributed by atoms with Crippen molar-refractivity contribution in [3.05, 3.63) is 34.8 Å². The highest BCUT2D eigenvalue weighted by molar-refractivity contribution is 6.29. The van der Waals surface area contributed by atoms with E-state index in [2.05, 4.69) is 9.97 Å². The second-order valence-electron chi connectivity index (χ2n) is 4.83. The minimum atomic E-state index is 0.496. The molecule has 0 amide bonds. The number of nitrogens with zero attached hydrogens (tertiary/aromatic N) is 2. The Balaban J connectivity index is 1.99. The highest BCUT2D eigenvalue weighted by atomic mass is 35.5. The molecular weight excluding hydrogens is 248 g/mol. The van der Waals surface area contributed by atoms with E-state index < -0.39 is 0 Å². The standard InChI is InChI=1S/C14H15ClN2O/c1-9-6-7-12(18-9)14-16-11(8-13(15)17-14)10-4-2-3-5-10/h6-8,10H,2-5H2,1H3. The molecule has 0 unspecified atom stereocenters. The van der Waals surface area contributed by atoms with Crippen LogP contribution in [0.4, 0.5) is 0 Å². The summed E-state index contributed by atoms with van der Waals surface area (Å²) in [5.74, 6) is 2.67. The fraction of sp³-hybridized carbons (Fsp3) is 0.429. The van der Waals surface area contributed by atoms with Crippen LogP contribution in [0.5, 0.6) is 0 Å². The highest BCUT2D eigenvalue weighted by Crippen LogP contribution is 2.34. The van der Waals surface area contributed by atoms with Crippen LogP contribution in [0.1, 0.15) is 43.1 Å². The molecule has 0 atom stereocenters. The summed E-state index contributed by atoms with van der Waals surface area (Å²) < 4.78 is 5.56. The van der Waals surface area contributed by atoms with Crippen molar-refractivity contribution in [1.82, 2.24) is 9.97 Å². The first-order valence-corrected chi connectivity index (χ1v) is 6.71. The topological polar surface area (TPSA) is 38.9 Å². The molecule has 0 aromatic carbocycles. The van der Waals surface area contributed by atoms with Crippen LogP contribution in [0.2, 0.25) is 5.15 Å². The molecule has 0 aliphatic heterocycles. The monoisotopic (exact) mass is 262 g/mol.